The number of nitrogens with one attached hydrogen (secondary N) is 1. The molecule has 1 saturated heterocycles. The first-order chi connectivity index (χ1) is 5.41. The van der Waals surface area contributed by atoms with E-state index in [4.69, 9.17) is 11.5 Å². The van der Waals surface area contributed by atoms with Crippen LogP contribution in [0.3, 0.4) is 0 Å². The predicted octanol–water partition coefficient (Wildman–Crippen LogP) is 0.0490. The van der Waals surface area contributed by atoms with Crippen molar-refractivity contribution in [2.24, 2.45) is 17.4 Å². The first-order valence-corrected chi connectivity index (χ1v) is 4.69. The van der Waals surface area contributed by atoms with Gasteiger partial charge in [0, 0.05) is 24.2 Å². The molecule has 3 atom stereocenters. The molecule has 0 aromatic carbocycles. The van der Waals surface area contributed by atoms with Gasteiger partial charge >= 0.3 is 0 Å². The van der Waals surface area contributed by atoms with Crippen LogP contribution in [0.15, 0.2) is 0 Å². The molecule has 0 aromatic rings. The van der Waals surface area contributed by atoms with E-state index in [9.17, 15) is 0 Å². The number of hydrogen-bond donors (Lipinski definition) is 3. The molecule has 72 valence electrons. The van der Waals surface area contributed by atoms with Crippen molar-refractivity contribution in [3.05, 3.63) is 0 Å². The van der Waals surface area contributed by atoms with Crippen LogP contribution in [0, 0.1) is 5.92 Å². The van der Waals surface area contributed by atoms with Crippen LogP contribution in [0.5, 0.6) is 0 Å². The Bertz CT molecular complexity index is 150. The third kappa shape index (κ3) is 2.19. The summed E-state index contributed by atoms with van der Waals surface area (Å²) in [4.78, 5) is 0. The summed E-state index contributed by atoms with van der Waals surface area (Å²) in [6.07, 6.45) is 1.06. The van der Waals surface area contributed by atoms with E-state index in [2.05, 4.69) is 26.1 Å². The second-order valence-electron chi connectivity index (χ2n) is 4.62. The zero-order valence-corrected chi connectivity index (χ0v) is 8.30. The zero-order valence-electron chi connectivity index (χ0n) is 8.30. The third-order valence-electron chi connectivity index (χ3n) is 2.98. The fraction of sp³-hybridized carbons (Fsp3) is 1.00. The summed E-state index contributed by atoms with van der Waals surface area (Å²) in [6, 6.07) is 0.819. The van der Waals surface area contributed by atoms with Crippen molar-refractivity contribution in [3.8, 4) is 0 Å². The first-order valence-electron chi connectivity index (χ1n) is 4.69. The molecule has 0 spiro atoms. The summed E-state index contributed by atoms with van der Waals surface area (Å²) in [7, 11) is 0. The van der Waals surface area contributed by atoms with Crippen molar-refractivity contribution in [1.29, 1.82) is 0 Å². The lowest BCUT2D eigenvalue weighted by atomic mass is 9.83. The Morgan fingerprint density at radius 2 is 2.08 bits per heavy atom. The molecule has 1 unspecified atom stereocenters. The Hall–Kier alpha value is -0.120. The highest BCUT2D eigenvalue weighted by Crippen LogP contribution is 2.22. The van der Waals surface area contributed by atoms with Gasteiger partial charge in [-0.05, 0) is 26.2 Å². The quantitative estimate of drug-likeness (QED) is 0.550. The van der Waals surface area contributed by atoms with Crippen molar-refractivity contribution < 1.29 is 0 Å². The zero-order chi connectivity index (χ0) is 9.35. The van der Waals surface area contributed by atoms with Gasteiger partial charge in [0.05, 0.1) is 0 Å². The fourth-order valence-corrected chi connectivity index (χ4v) is 1.70. The second kappa shape index (κ2) is 3.32. The van der Waals surface area contributed by atoms with Crippen molar-refractivity contribution in [2.45, 2.75) is 44.8 Å². The smallest absolute Gasteiger partial charge is 0.0180 e. The van der Waals surface area contributed by atoms with Gasteiger partial charge in [-0.1, -0.05) is 6.92 Å². The summed E-state index contributed by atoms with van der Waals surface area (Å²) >= 11 is 0. The molecule has 1 aliphatic heterocycles. The minimum atomic E-state index is -0.109. The van der Waals surface area contributed by atoms with E-state index in [0.29, 0.717) is 18.0 Å². The van der Waals surface area contributed by atoms with Crippen LogP contribution in [0.25, 0.3) is 0 Å². The fourth-order valence-electron chi connectivity index (χ4n) is 1.70. The van der Waals surface area contributed by atoms with E-state index in [1.54, 1.807) is 0 Å². The van der Waals surface area contributed by atoms with Crippen molar-refractivity contribution in [2.75, 3.05) is 6.54 Å². The first kappa shape index (κ1) is 9.96. The SMILES string of the molecule is CC([C@@H]1C[C@H](N)CN1)C(C)(C)N. The third-order valence-corrected chi connectivity index (χ3v) is 2.98. The average molecular weight is 171 g/mol. The molecule has 0 bridgehead atoms. The molecule has 1 aliphatic rings. The van der Waals surface area contributed by atoms with E-state index in [0.717, 1.165) is 13.0 Å². The van der Waals surface area contributed by atoms with Gasteiger partial charge in [0.2, 0.25) is 0 Å². The maximum Gasteiger partial charge on any atom is 0.0180 e. The van der Waals surface area contributed by atoms with E-state index in [-0.39, 0.29) is 5.54 Å². The number of hydrogen-bond acceptors (Lipinski definition) is 3. The van der Waals surface area contributed by atoms with Gasteiger partial charge in [-0.3, -0.25) is 0 Å². The molecule has 0 amide bonds. The van der Waals surface area contributed by atoms with E-state index in [1.807, 2.05) is 0 Å². The predicted molar refractivity (Wildman–Crippen MR) is 51.8 cm³/mol. The van der Waals surface area contributed by atoms with Crippen molar-refractivity contribution >= 4 is 0 Å². The highest BCUT2D eigenvalue weighted by atomic mass is 15.0. The van der Waals surface area contributed by atoms with Gasteiger partial charge in [0.1, 0.15) is 0 Å². The lowest BCUT2D eigenvalue weighted by Gasteiger charge is -2.32. The van der Waals surface area contributed by atoms with Crippen molar-refractivity contribution in [1.82, 2.24) is 5.32 Å². The van der Waals surface area contributed by atoms with Gasteiger partial charge in [0.15, 0.2) is 0 Å². The average Bonchev–Trinajstić information content (AvgIpc) is 2.32. The minimum Gasteiger partial charge on any atom is -0.326 e. The highest BCUT2D eigenvalue weighted by Gasteiger charge is 2.32. The highest BCUT2D eigenvalue weighted by molar-refractivity contribution is 4.94. The Balaban J connectivity index is 2.48. The summed E-state index contributed by atoms with van der Waals surface area (Å²) in [6.45, 7) is 7.27. The molecule has 3 nitrogen and oxygen atoms in total. The van der Waals surface area contributed by atoms with Crippen LogP contribution in [0.2, 0.25) is 0 Å². The Morgan fingerprint density at radius 3 is 2.42 bits per heavy atom. The Morgan fingerprint density at radius 1 is 1.50 bits per heavy atom. The molecule has 5 N–H and O–H groups in total. The van der Waals surface area contributed by atoms with Crippen LogP contribution >= 0.6 is 0 Å². The summed E-state index contributed by atoms with van der Waals surface area (Å²) in [5.41, 5.74) is 11.7. The normalized spacial score (nSPS) is 33.8. The largest absolute Gasteiger partial charge is 0.326 e. The van der Waals surface area contributed by atoms with Gasteiger partial charge in [0.25, 0.3) is 0 Å². The molecule has 3 heteroatoms. The monoisotopic (exact) mass is 171 g/mol. The second-order valence-corrected chi connectivity index (χ2v) is 4.62. The van der Waals surface area contributed by atoms with Crippen LogP contribution in [0.1, 0.15) is 27.2 Å². The van der Waals surface area contributed by atoms with Crippen LogP contribution in [-0.2, 0) is 0 Å². The summed E-state index contributed by atoms with van der Waals surface area (Å²) < 4.78 is 0. The van der Waals surface area contributed by atoms with Crippen LogP contribution in [0.4, 0.5) is 0 Å². The maximum atomic E-state index is 6.02. The topological polar surface area (TPSA) is 64.1 Å². The lowest BCUT2D eigenvalue weighted by molar-refractivity contribution is 0.275. The molecule has 1 heterocycles. The van der Waals surface area contributed by atoms with E-state index in [1.165, 1.54) is 0 Å². The summed E-state index contributed by atoms with van der Waals surface area (Å²) in [5, 5.41) is 3.41. The molecule has 0 radical (unpaired) electrons. The van der Waals surface area contributed by atoms with E-state index < -0.39 is 0 Å². The molecule has 1 fully saturated rings. The molecular weight excluding hydrogens is 150 g/mol. The maximum absolute atomic E-state index is 6.02. The van der Waals surface area contributed by atoms with Crippen molar-refractivity contribution in [3.63, 3.8) is 0 Å². The molecule has 1 rings (SSSR count). The van der Waals surface area contributed by atoms with Gasteiger partial charge < -0.3 is 16.8 Å². The van der Waals surface area contributed by atoms with Gasteiger partial charge in [-0.25, -0.2) is 0 Å². The summed E-state index contributed by atoms with van der Waals surface area (Å²) in [5.74, 6) is 0.478. The van der Waals surface area contributed by atoms with Gasteiger partial charge in [-0.15, -0.1) is 0 Å². The molecule has 0 saturated carbocycles. The Labute approximate surface area is 74.9 Å². The molecule has 0 aliphatic carbocycles. The molecular formula is C9H21N3. The number of rotatable bonds is 2. The standard InChI is InChI=1S/C9H21N3/c1-6(9(2,3)11)8-4-7(10)5-12-8/h6-8,12H,4-5,10-11H2,1-3H3/t6?,7-,8-/m0/s1. The van der Waals surface area contributed by atoms with Crippen LogP contribution < -0.4 is 16.8 Å². The lowest BCUT2D eigenvalue weighted by Crippen LogP contribution is -2.48. The van der Waals surface area contributed by atoms with E-state index >= 15 is 0 Å². The van der Waals surface area contributed by atoms with Crippen LogP contribution in [-0.4, -0.2) is 24.2 Å². The van der Waals surface area contributed by atoms with Gasteiger partial charge in [-0.2, -0.15) is 0 Å². The minimum absolute atomic E-state index is 0.109. The molecule has 12 heavy (non-hydrogen) atoms. The number of nitrogens with two attached hydrogens (primary N) is 2. The molecule has 0 aromatic heterocycles. The Kier molecular flexibility index (Phi) is 2.76.